The molecule has 1 amide bonds. The Bertz CT molecular complexity index is 486. The molecule has 116 valence electrons. The van der Waals surface area contributed by atoms with Gasteiger partial charge in [0.2, 0.25) is 5.91 Å². The van der Waals surface area contributed by atoms with Gasteiger partial charge in [0.25, 0.3) is 0 Å². The summed E-state index contributed by atoms with van der Waals surface area (Å²) in [4.78, 5) is 14.5. The van der Waals surface area contributed by atoms with E-state index in [0.29, 0.717) is 6.54 Å². The van der Waals surface area contributed by atoms with E-state index in [9.17, 15) is 4.79 Å². The summed E-state index contributed by atoms with van der Waals surface area (Å²) >= 11 is 2.02. The second-order valence-corrected chi connectivity index (χ2v) is 6.89. The number of thioether (sulfide) groups is 1. The van der Waals surface area contributed by atoms with Gasteiger partial charge in [0.15, 0.2) is 0 Å². The Morgan fingerprint density at radius 1 is 1.43 bits per heavy atom. The second kappa shape index (κ2) is 7.82. The number of nitrogens with one attached hydrogen (secondary N) is 1. The van der Waals surface area contributed by atoms with E-state index in [2.05, 4.69) is 28.4 Å². The number of rotatable bonds is 5. The Labute approximate surface area is 131 Å². The molecule has 1 fully saturated rings. The molecule has 1 unspecified atom stereocenters. The van der Waals surface area contributed by atoms with Crippen LogP contribution in [0.15, 0.2) is 18.2 Å². The van der Waals surface area contributed by atoms with Crippen LogP contribution < -0.4 is 11.1 Å². The van der Waals surface area contributed by atoms with Crippen molar-refractivity contribution in [3.63, 3.8) is 0 Å². The lowest BCUT2D eigenvalue weighted by atomic mass is 10.1. The first-order valence-corrected chi connectivity index (χ1v) is 8.66. The Kier molecular flexibility index (Phi) is 6.08. The van der Waals surface area contributed by atoms with E-state index in [1.54, 1.807) is 0 Å². The van der Waals surface area contributed by atoms with Crippen molar-refractivity contribution in [3.05, 3.63) is 29.3 Å². The molecule has 1 aromatic rings. The van der Waals surface area contributed by atoms with Crippen LogP contribution in [0.25, 0.3) is 0 Å². The maximum Gasteiger partial charge on any atom is 0.228 e. The molecule has 1 saturated heterocycles. The minimum atomic E-state index is -0.160. The zero-order valence-corrected chi connectivity index (χ0v) is 13.7. The number of hydrogen-bond acceptors (Lipinski definition) is 4. The minimum Gasteiger partial charge on any atom is -0.330 e. The molecule has 2 rings (SSSR count). The average molecular weight is 307 g/mol. The molecular weight excluding hydrogens is 282 g/mol. The van der Waals surface area contributed by atoms with Crippen LogP contribution in [0.4, 0.5) is 5.69 Å². The Balaban J connectivity index is 2.04. The Hall–Kier alpha value is -1.04. The lowest BCUT2D eigenvalue weighted by Crippen LogP contribution is -2.32. The van der Waals surface area contributed by atoms with Gasteiger partial charge in [-0.25, -0.2) is 0 Å². The zero-order valence-electron chi connectivity index (χ0n) is 12.9. The molecule has 0 radical (unpaired) electrons. The van der Waals surface area contributed by atoms with Crippen LogP contribution >= 0.6 is 11.8 Å². The van der Waals surface area contributed by atoms with Crippen LogP contribution in [0, 0.1) is 12.8 Å². The molecule has 3 N–H and O–H groups in total. The highest BCUT2D eigenvalue weighted by atomic mass is 32.2. The van der Waals surface area contributed by atoms with Crippen molar-refractivity contribution >= 4 is 23.4 Å². The van der Waals surface area contributed by atoms with Gasteiger partial charge in [0, 0.05) is 49.3 Å². The third-order valence-corrected chi connectivity index (χ3v) is 4.81. The first-order chi connectivity index (χ1) is 10.1. The number of amides is 1. The average Bonchev–Trinajstić information content (AvgIpc) is 2.50. The van der Waals surface area contributed by atoms with Gasteiger partial charge in [-0.15, -0.1) is 0 Å². The summed E-state index contributed by atoms with van der Waals surface area (Å²) in [5, 5.41) is 3.00. The van der Waals surface area contributed by atoms with E-state index >= 15 is 0 Å². The molecule has 0 saturated carbocycles. The van der Waals surface area contributed by atoms with Crippen LogP contribution in [0.3, 0.4) is 0 Å². The molecule has 1 aliphatic rings. The van der Waals surface area contributed by atoms with Gasteiger partial charge < -0.3 is 11.1 Å². The minimum absolute atomic E-state index is 0.00729. The van der Waals surface area contributed by atoms with Gasteiger partial charge in [0.05, 0.1) is 0 Å². The van der Waals surface area contributed by atoms with Crippen molar-refractivity contribution in [2.75, 3.05) is 36.5 Å². The third-order valence-electron chi connectivity index (χ3n) is 3.87. The number of carbonyl (C=O) groups excluding carboxylic acids is 1. The van der Waals surface area contributed by atoms with Gasteiger partial charge in [-0.2, -0.15) is 11.8 Å². The predicted molar refractivity (Wildman–Crippen MR) is 90.6 cm³/mol. The van der Waals surface area contributed by atoms with Crippen molar-refractivity contribution in [3.8, 4) is 0 Å². The summed E-state index contributed by atoms with van der Waals surface area (Å²) < 4.78 is 0. The topological polar surface area (TPSA) is 58.4 Å². The van der Waals surface area contributed by atoms with E-state index in [1.165, 1.54) is 17.1 Å². The normalized spacial score (nSPS) is 17.5. The lowest BCUT2D eigenvalue weighted by Gasteiger charge is -2.26. The van der Waals surface area contributed by atoms with Crippen molar-refractivity contribution in [2.45, 2.75) is 20.4 Å². The van der Waals surface area contributed by atoms with Gasteiger partial charge in [-0.1, -0.05) is 19.1 Å². The molecule has 0 aromatic heterocycles. The van der Waals surface area contributed by atoms with E-state index in [-0.39, 0.29) is 11.8 Å². The summed E-state index contributed by atoms with van der Waals surface area (Å²) in [7, 11) is 0. The van der Waals surface area contributed by atoms with Crippen molar-refractivity contribution < 1.29 is 4.79 Å². The molecule has 1 aromatic carbocycles. The monoisotopic (exact) mass is 307 g/mol. The fourth-order valence-corrected chi connectivity index (χ4v) is 3.26. The fraction of sp³-hybridized carbons (Fsp3) is 0.562. The maximum atomic E-state index is 12.0. The van der Waals surface area contributed by atoms with Gasteiger partial charge in [-0.3, -0.25) is 9.69 Å². The lowest BCUT2D eigenvalue weighted by molar-refractivity contribution is -0.119. The zero-order chi connectivity index (χ0) is 15.2. The van der Waals surface area contributed by atoms with Crippen LogP contribution in [-0.4, -0.2) is 41.9 Å². The molecular formula is C16H25N3OS. The SMILES string of the molecule is Cc1ccc(CN2CCSCC2)cc1NC(=O)C(C)CN. The predicted octanol–water partition coefficient (Wildman–Crippen LogP) is 2.08. The molecule has 1 atom stereocenters. The molecule has 5 heteroatoms. The largest absolute Gasteiger partial charge is 0.330 e. The second-order valence-electron chi connectivity index (χ2n) is 5.66. The quantitative estimate of drug-likeness (QED) is 0.874. The highest BCUT2D eigenvalue weighted by Crippen LogP contribution is 2.20. The van der Waals surface area contributed by atoms with Crippen molar-refractivity contribution in [1.29, 1.82) is 0 Å². The Morgan fingerprint density at radius 3 is 2.81 bits per heavy atom. The molecule has 21 heavy (non-hydrogen) atoms. The number of benzene rings is 1. The number of nitrogens with zero attached hydrogens (tertiary/aromatic N) is 1. The standard InChI is InChI=1S/C16H25N3OS/c1-12-3-4-14(11-19-5-7-21-8-6-19)9-15(12)18-16(20)13(2)10-17/h3-4,9,13H,5-8,10-11,17H2,1-2H3,(H,18,20). The summed E-state index contributed by atoms with van der Waals surface area (Å²) in [5.74, 6) is 2.26. The van der Waals surface area contributed by atoms with Crippen LogP contribution in [0.5, 0.6) is 0 Å². The first kappa shape index (κ1) is 16.3. The van der Waals surface area contributed by atoms with E-state index in [1.807, 2.05) is 25.6 Å². The molecule has 0 spiro atoms. The maximum absolute atomic E-state index is 12.0. The number of anilines is 1. The van der Waals surface area contributed by atoms with E-state index < -0.39 is 0 Å². The third kappa shape index (κ3) is 4.73. The van der Waals surface area contributed by atoms with E-state index in [0.717, 1.165) is 30.9 Å². The molecule has 0 bridgehead atoms. The fourth-order valence-electron chi connectivity index (χ4n) is 2.28. The summed E-state index contributed by atoms with van der Waals surface area (Å²) in [5.41, 5.74) is 8.80. The van der Waals surface area contributed by atoms with Gasteiger partial charge >= 0.3 is 0 Å². The van der Waals surface area contributed by atoms with Crippen LogP contribution in [0.1, 0.15) is 18.1 Å². The highest BCUT2D eigenvalue weighted by Gasteiger charge is 2.14. The summed E-state index contributed by atoms with van der Waals surface area (Å²) in [6.45, 7) is 7.48. The van der Waals surface area contributed by atoms with Crippen LogP contribution in [0.2, 0.25) is 0 Å². The van der Waals surface area contributed by atoms with Gasteiger partial charge in [-0.05, 0) is 24.1 Å². The first-order valence-electron chi connectivity index (χ1n) is 7.50. The van der Waals surface area contributed by atoms with Crippen molar-refractivity contribution in [2.24, 2.45) is 11.7 Å². The Morgan fingerprint density at radius 2 is 2.14 bits per heavy atom. The smallest absolute Gasteiger partial charge is 0.228 e. The summed E-state index contributed by atoms with van der Waals surface area (Å²) in [6.07, 6.45) is 0. The number of aryl methyl sites for hydroxylation is 1. The number of nitrogens with two attached hydrogens (primary N) is 1. The highest BCUT2D eigenvalue weighted by molar-refractivity contribution is 7.99. The number of hydrogen-bond donors (Lipinski definition) is 2. The molecule has 1 heterocycles. The molecule has 0 aliphatic carbocycles. The van der Waals surface area contributed by atoms with E-state index in [4.69, 9.17) is 5.73 Å². The summed E-state index contributed by atoms with van der Waals surface area (Å²) in [6, 6.07) is 6.33. The van der Waals surface area contributed by atoms with Crippen LogP contribution in [-0.2, 0) is 11.3 Å². The molecule has 4 nitrogen and oxygen atoms in total. The van der Waals surface area contributed by atoms with Crippen molar-refractivity contribution in [1.82, 2.24) is 4.90 Å². The number of carbonyl (C=O) groups is 1. The molecule has 1 aliphatic heterocycles. The van der Waals surface area contributed by atoms with Gasteiger partial charge in [0.1, 0.15) is 0 Å².